The predicted octanol–water partition coefficient (Wildman–Crippen LogP) is 4.37. The highest BCUT2D eigenvalue weighted by atomic mass is 35.5. The van der Waals surface area contributed by atoms with Crippen molar-refractivity contribution in [3.63, 3.8) is 0 Å². The third-order valence-electron chi connectivity index (χ3n) is 4.33. The van der Waals surface area contributed by atoms with Gasteiger partial charge in [-0.1, -0.05) is 43.7 Å². The zero-order valence-electron chi connectivity index (χ0n) is 14.1. The van der Waals surface area contributed by atoms with Crippen LogP contribution in [0.1, 0.15) is 45.1 Å². The van der Waals surface area contributed by atoms with Crippen LogP contribution >= 0.6 is 12.4 Å². The first-order valence-corrected chi connectivity index (χ1v) is 8.34. The van der Waals surface area contributed by atoms with Crippen molar-refractivity contribution in [2.24, 2.45) is 0 Å². The van der Waals surface area contributed by atoms with E-state index in [0.29, 0.717) is 6.61 Å². The van der Waals surface area contributed by atoms with Crippen LogP contribution in [-0.4, -0.2) is 37.3 Å². The van der Waals surface area contributed by atoms with Gasteiger partial charge in [-0.3, -0.25) is 0 Å². The van der Waals surface area contributed by atoms with Crippen molar-refractivity contribution in [3.05, 3.63) is 35.9 Å². The van der Waals surface area contributed by atoms with Gasteiger partial charge in [0.05, 0.1) is 6.61 Å². The normalized spacial score (nSPS) is 17.1. The van der Waals surface area contributed by atoms with Crippen molar-refractivity contribution < 1.29 is 14.3 Å². The molecule has 1 aromatic carbocycles. The molecule has 0 bridgehead atoms. The Morgan fingerprint density at radius 1 is 1.17 bits per heavy atom. The number of halogens is 1. The Bertz CT molecular complexity index is 459. The van der Waals surface area contributed by atoms with E-state index in [-0.39, 0.29) is 12.4 Å². The van der Waals surface area contributed by atoms with Crippen molar-refractivity contribution in [3.8, 4) is 0 Å². The molecule has 0 N–H and O–H groups in total. The standard InChI is InChI=1S/C18H27NO3.ClH/c1-3-5-13-19-14-11-18(12-15-19,22-17(20)21-4-2)16-9-7-6-8-10-16;/h6-10H,3-5,11-15H2,1-2H3;1H. The molecule has 1 heterocycles. The van der Waals surface area contributed by atoms with Crippen molar-refractivity contribution in [2.75, 3.05) is 26.2 Å². The molecular weight excluding hydrogens is 314 g/mol. The lowest BCUT2D eigenvalue weighted by Gasteiger charge is -2.41. The smallest absolute Gasteiger partial charge is 0.435 e. The Kier molecular flexibility index (Phi) is 8.42. The molecule has 0 unspecified atom stereocenters. The number of nitrogens with zero attached hydrogens (tertiary/aromatic N) is 1. The molecular formula is C18H28ClNO3. The third kappa shape index (κ3) is 5.40. The lowest BCUT2D eigenvalue weighted by Crippen LogP contribution is -2.45. The van der Waals surface area contributed by atoms with Crippen molar-refractivity contribution in [1.82, 2.24) is 4.90 Å². The minimum absolute atomic E-state index is 0. The number of carbonyl (C=O) groups is 1. The summed E-state index contributed by atoms with van der Waals surface area (Å²) in [5, 5.41) is 0. The fourth-order valence-electron chi connectivity index (χ4n) is 3.02. The van der Waals surface area contributed by atoms with Gasteiger partial charge in [0.2, 0.25) is 0 Å². The fourth-order valence-corrected chi connectivity index (χ4v) is 3.02. The molecule has 0 amide bonds. The van der Waals surface area contributed by atoms with E-state index in [1.165, 1.54) is 12.8 Å². The summed E-state index contributed by atoms with van der Waals surface area (Å²) in [4.78, 5) is 14.3. The number of carbonyl (C=O) groups excluding carboxylic acids is 1. The highest BCUT2D eigenvalue weighted by molar-refractivity contribution is 5.85. The number of piperidine rings is 1. The Morgan fingerprint density at radius 3 is 2.39 bits per heavy atom. The second-order valence-corrected chi connectivity index (χ2v) is 5.84. The fraction of sp³-hybridized carbons (Fsp3) is 0.611. The number of ether oxygens (including phenoxy) is 2. The summed E-state index contributed by atoms with van der Waals surface area (Å²) in [7, 11) is 0. The number of rotatable bonds is 6. The molecule has 0 aromatic heterocycles. The predicted molar refractivity (Wildman–Crippen MR) is 94.1 cm³/mol. The molecule has 130 valence electrons. The minimum atomic E-state index is -0.562. The van der Waals surface area contributed by atoms with Crippen LogP contribution in [0, 0.1) is 0 Å². The van der Waals surface area contributed by atoms with Gasteiger partial charge < -0.3 is 14.4 Å². The SMILES string of the molecule is CCCCN1CCC(OC(=O)OCC)(c2ccccc2)CC1.Cl. The average Bonchev–Trinajstić information content (AvgIpc) is 2.55. The number of hydrogen-bond donors (Lipinski definition) is 0. The number of unbranched alkanes of at least 4 members (excludes halogenated alkanes) is 1. The maximum absolute atomic E-state index is 11.9. The van der Waals surface area contributed by atoms with Gasteiger partial charge in [-0.15, -0.1) is 12.4 Å². The van der Waals surface area contributed by atoms with Crippen LogP contribution in [0.4, 0.5) is 4.79 Å². The van der Waals surface area contributed by atoms with E-state index in [0.717, 1.165) is 38.0 Å². The summed E-state index contributed by atoms with van der Waals surface area (Å²) in [5.41, 5.74) is 0.522. The second kappa shape index (κ2) is 9.78. The minimum Gasteiger partial charge on any atom is -0.435 e. The molecule has 23 heavy (non-hydrogen) atoms. The number of likely N-dealkylation sites (tertiary alicyclic amines) is 1. The van der Waals surface area contributed by atoms with E-state index < -0.39 is 11.8 Å². The summed E-state index contributed by atoms with van der Waals surface area (Å²) in [6.07, 6.45) is 3.50. The van der Waals surface area contributed by atoms with Crippen molar-refractivity contribution >= 4 is 18.6 Å². The zero-order valence-corrected chi connectivity index (χ0v) is 14.9. The molecule has 4 nitrogen and oxygen atoms in total. The van der Waals surface area contributed by atoms with E-state index in [9.17, 15) is 4.79 Å². The van der Waals surface area contributed by atoms with Crippen LogP contribution in [0.3, 0.4) is 0 Å². The van der Waals surface area contributed by atoms with Crippen LogP contribution in [-0.2, 0) is 15.1 Å². The van der Waals surface area contributed by atoms with Gasteiger partial charge in [0, 0.05) is 25.9 Å². The summed E-state index contributed by atoms with van der Waals surface area (Å²) in [6.45, 7) is 7.38. The lowest BCUT2D eigenvalue weighted by molar-refractivity contribution is -0.0709. The van der Waals surface area contributed by atoms with Crippen LogP contribution in [0.2, 0.25) is 0 Å². The molecule has 1 aliphatic heterocycles. The molecule has 0 atom stereocenters. The molecule has 0 spiro atoms. The third-order valence-corrected chi connectivity index (χ3v) is 4.33. The number of benzene rings is 1. The lowest BCUT2D eigenvalue weighted by atomic mass is 9.84. The van der Waals surface area contributed by atoms with E-state index in [1.54, 1.807) is 6.92 Å². The highest BCUT2D eigenvalue weighted by Crippen LogP contribution is 2.37. The Labute approximate surface area is 145 Å². The maximum atomic E-state index is 11.9. The Balaban J connectivity index is 0.00000264. The summed E-state index contributed by atoms with van der Waals surface area (Å²) < 4.78 is 10.8. The highest BCUT2D eigenvalue weighted by Gasteiger charge is 2.40. The van der Waals surface area contributed by atoms with Crippen molar-refractivity contribution in [1.29, 1.82) is 0 Å². The van der Waals surface area contributed by atoms with E-state index in [2.05, 4.69) is 11.8 Å². The first-order valence-electron chi connectivity index (χ1n) is 8.34. The Morgan fingerprint density at radius 2 is 1.83 bits per heavy atom. The molecule has 0 saturated carbocycles. The maximum Gasteiger partial charge on any atom is 0.509 e. The molecule has 1 fully saturated rings. The van der Waals surface area contributed by atoms with Gasteiger partial charge in [0.1, 0.15) is 5.60 Å². The van der Waals surface area contributed by atoms with Crippen LogP contribution in [0.15, 0.2) is 30.3 Å². The summed E-state index contributed by atoms with van der Waals surface area (Å²) in [5.74, 6) is 0. The largest absolute Gasteiger partial charge is 0.509 e. The molecule has 1 aliphatic rings. The second-order valence-electron chi connectivity index (χ2n) is 5.84. The van der Waals surface area contributed by atoms with Gasteiger partial charge in [-0.05, 0) is 25.5 Å². The van der Waals surface area contributed by atoms with Gasteiger partial charge >= 0.3 is 6.16 Å². The molecule has 2 rings (SSSR count). The molecule has 1 saturated heterocycles. The van der Waals surface area contributed by atoms with Gasteiger partial charge in [0.25, 0.3) is 0 Å². The quantitative estimate of drug-likeness (QED) is 0.720. The molecule has 5 heteroatoms. The van der Waals surface area contributed by atoms with Crippen LogP contribution in [0.25, 0.3) is 0 Å². The van der Waals surface area contributed by atoms with E-state index in [4.69, 9.17) is 9.47 Å². The molecule has 0 radical (unpaired) electrons. The number of hydrogen-bond acceptors (Lipinski definition) is 4. The monoisotopic (exact) mass is 341 g/mol. The van der Waals surface area contributed by atoms with Gasteiger partial charge in [-0.25, -0.2) is 4.79 Å². The molecule has 0 aliphatic carbocycles. The van der Waals surface area contributed by atoms with E-state index in [1.807, 2.05) is 30.3 Å². The van der Waals surface area contributed by atoms with E-state index >= 15 is 0 Å². The van der Waals surface area contributed by atoms with Crippen molar-refractivity contribution in [2.45, 2.75) is 45.1 Å². The first kappa shape index (κ1) is 19.8. The van der Waals surface area contributed by atoms with Gasteiger partial charge in [-0.2, -0.15) is 0 Å². The Hall–Kier alpha value is -1.26. The average molecular weight is 342 g/mol. The summed E-state index contributed by atoms with van der Waals surface area (Å²) in [6, 6.07) is 10.1. The van der Waals surface area contributed by atoms with Crippen LogP contribution in [0.5, 0.6) is 0 Å². The topological polar surface area (TPSA) is 38.8 Å². The van der Waals surface area contributed by atoms with Crippen LogP contribution < -0.4 is 0 Å². The summed E-state index contributed by atoms with van der Waals surface area (Å²) >= 11 is 0. The zero-order chi connectivity index (χ0) is 15.8. The van der Waals surface area contributed by atoms with Gasteiger partial charge in [0.15, 0.2) is 0 Å². The first-order chi connectivity index (χ1) is 10.7. The molecule has 1 aromatic rings.